The Kier molecular flexibility index (Phi) is 5.51. The summed E-state index contributed by atoms with van der Waals surface area (Å²) in [6.07, 6.45) is 7.66. The van der Waals surface area contributed by atoms with Crippen LogP contribution in [-0.4, -0.2) is 63.6 Å². The van der Waals surface area contributed by atoms with E-state index in [1.54, 1.807) is 0 Å². The Morgan fingerprint density at radius 3 is 2.53 bits per heavy atom. The number of nitrogens with zero attached hydrogens (tertiary/aromatic N) is 5. The van der Waals surface area contributed by atoms with Gasteiger partial charge in [-0.05, 0) is 25.2 Å². The summed E-state index contributed by atoms with van der Waals surface area (Å²) < 4.78 is 1.47. The molecule has 2 N–H and O–H groups in total. The molecule has 2 aliphatic carbocycles. The molecule has 11 nitrogen and oxygen atoms in total. The lowest BCUT2D eigenvalue weighted by Crippen LogP contribution is -2.43. The zero-order valence-electron chi connectivity index (χ0n) is 16.7. The van der Waals surface area contributed by atoms with Gasteiger partial charge in [-0.25, -0.2) is 0 Å². The molecule has 1 aliphatic heterocycles. The number of guanidine groups is 1. The third-order valence-electron chi connectivity index (χ3n) is 5.96. The van der Waals surface area contributed by atoms with Gasteiger partial charge < -0.3 is 10.6 Å². The summed E-state index contributed by atoms with van der Waals surface area (Å²) in [5.74, 6) is 0.537. The third-order valence-corrected chi connectivity index (χ3v) is 5.96. The molecule has 2 bridgehead atoms. The number of carbonyl (C=O) groups is 2. The number of allylic oxidation sites excluding steroid dienone is 2. The Morgan fingerprint density at radius 1 is 1.23 bits per heavy atom. The number of likely N-dealkylation sites (tertiary alicyclic amines) is 1. The molecule has 0 spiro atoms. The van der Waals surface area contributed by atoms with Gasteiger partial charge in [0.15, 0.2) is 5.96 Å². The summed E-state index contributed by atoms with van der Waals surface area (Å²) >= 11 is 0. The molecule has 1 saturated heterocycles. The van der Waals surface area contributed by atoms with Crippen molar-refractivity contribution in [3.05, 3.63) is 34.7 Å². The van der Waals surface area contributed by atoms with E-state index in [1.807, 2.05) is 6.92 Å². The van der Waals surface area contributed by atoms with Crippen molar-refractivity contribution >= 4 is 23.5 Å². The van der Waals surface area contributed by atoms with Crippen LogP contribution in [0.25, 0.3) is 0 Å². The van der Waals surface area contributed by atoms with Crippen LogP contribution in [0, 0.1) is 33.8 Å². The Labute approximate surface area is 173 Å². The van der Waals surface area contributed by atoms with Crippen LogP contribution in [0.1, 0.15) is 13.3 Å². The summed E-state index contributed by atoms with van der Waals surface area (Å²) in [6.45, 7) is 4.06. The minimum atomic E-state index is -0.491. The molecule has 1 saturated carbocycles. The summed E-state index contributed by atoms with van der Waals surface area (Å²) in [5, 5.41) is 20.9. The van der Waals surface area contributed by atoms with Crippen LogP contribution in [-0.2, 0) is 16.1 Å². The number of fused-ring (bicyclic) bond motifs is 5. The van der Waals surface area contributed by atoms with Gasteiger partial charge >= 0.3 is 5.69 Å². The lowest BCUT2D eigenvalue weighted by atomic mass is 9.85. The van der Waals surface area contributed by atoms with E-state index in [9.17, 15) is 19.7 Å². The maximum atomic E-state index is 12.7. The Balaban J connectivity index is 1.28. The van der Waals surface area contributed by atoms with E-state index in [0.717, 1.165) is 6.42 Å². The summed E-state index contributed by atoms with van der Waals surface area (Å²) in [5.41, 5.74) is -0.0580. The number of aliphatic imine (C=N–C) groups is 1. The molecule has 30 heavy (non-hydrogen) atoms. The monoisotopic (exact) mass is 415 g/mol. The normalized spacial score (nSPS) is 27.1. The van der Waals surface area contributed by atoms with Crippen LogP contribution in [0.15, 0.2) is 29.5 Å². The molecular formula is C19H25N7O4. The SMILES string of the molecule is CCNC(=NCCn1cc([N+](=O)[O-])cn1)NCCN1C(=O)C2C3C=CC(C3)C2C1=O. The van der Waals surface area contributed by atoms with Gasteiger partial charge in [0.2, 0.25) is 11.8 Å². The number of nitro groups is 1. The standard InChI is InChI=1S/C19H25N7O4/c1-2-20-19(21-5-7-24-11-14(10-23-24)26(29)30)22-6-8-25-17(27)15-12-3-4-13(9-12)16(15)18(25)28/h3-4,10-13,15-16H,2,5-9H2,1H3,(H2,20,21,22). The highest BCUT2D eigenvalue weighted by molar-refractivity contribution is 6.06. The number of hydrogen-bond acceptors (Lipinski definition) is 6. The van der Waals surface area contributed by atoms with E-state index in [-0.39, 0.29) is 41.2 Å². The fourth-order valence-corrected chi connectivity index (χ4v) is 4.65. The smallest absolute Gasteiger partial charge is 0.306 e. The molecule has 2 fully saturated rings. The van der Waals surface area contributed by atoms with Gasteiger partial charge in [-0.1, -0.05) is 12.2 Å². The van der Waals surface area contributed by atoms with Crippen LogP contribution < -0.4 is 10.6 Å². The fourth-order valence-electron chi connectivity index (χ4n) is 4.65. The van der Waals surface area contributed by atoms with Crippen molar-refractivity contribution in [3.8, 4) is 0 Å². The van der Waals surface area contributed by atoms with Crippen molar-refractivity contribution in [1.82, 2.24) is 25.3 Å². The maximum absolute atomic E-state index is 12.7. The van der Waals surface area contributed by atoms with E-state index in [0.29, 0.717) is 38.7 Å². The largest absolute Gasteiger partial charge is 0.357 e. The third kappa shape index (κ3) is 3.66. The zero-order chi connectivity index (χ0) is 21.3. The van der Waals surface area contributed by atoms with E-state index in [1.165, 1.54) is 22.0 Å². The second-order valence-corrected chi connectivity index (χ2v) is 7.73. The zero-order valence-corrected chi connectivity index (χ0v) is 16.7. The highest BCUT2D eigenvalue weighted by Gasteiger charge is 2.58. The van der Waals surface area contributed by atoms with Crippen LogP contribution in [0.2, 0.25) is 0 Å². The fraction of sp³-hybridized carbons (Fsp3) is 0.579. The molecular weight excluding hydrogens is 390 g/mol. The lowest BCUT2D eigenvalue weighted by Gasteiger charge is -2.18. The van der Waals surface area contributed by atoms with Gasteiger partial charge in [0, 0.05) is 19.6 Å². The first-order valence-electron chi connectivity index (χ1n) is 10.2. The van der Waals surface area contributed by atoms with Crippen LogP contribution in [0.4, 0.5) is 5.69 Å². The van der Waals surface area contributed by atoms with Crippen LogP contribution in [0.3, 0.4) is 0 Å². The minimum absolute atomic E-state index is 0.0501. The topological polar surface area (TPSA) is 135 Å². The predicted molar refractivity (Wildman–Crippen MR) is 107 cm³/mol. The Bertz CT molecular complexity index is 878. The molecule has 1 aromatic heterocycles. The molecule has 160 valence electrons. The van der Waals surface area contributed by atoms with E-state index in [2.05, 4.69) is 32.9 Å². The first-order valence-corrected chi connectivity index (χ1v) is 10.2. The molecule has 0 radical (unpaired) electrons. The second-order valence-electron chi connectivity index (χ2n) is 7.73. The molecule has 4 rings (SSSR count). The van der Waals surface area contributed by atoms with Crippen LogP contribution in [0.5, 0.6) is 0 Å². The Hall–Kier alpha value is -3.24. The molecule has 4 unspecified atom stereocenters. The van der Waals surface area contributed by atoms with E-state index >= 15 is 0 Å². The van der Waals surface area contributed by atoms with Crippen LogP contribution >= 0.6 is 0 Å². The number of hydrogen-bond donors (Lipinski definition) is 2. The van der Waals surface area contributed by atoms with Gasteiger partial charge in [0.25, 0.3) is 0 Å². The lowest BCUT2D eigenvalue weighted by molar-refractivity contribution is -0.385. The quantitative estimate of drug-likeness (QED) is 0.154. The predicted octanol–water partition coefficient (Wildman–Crippen LogP) is 0.154. The van der Waals surface area contributed by atoms with Crippen molar-refractivity contribution in [1.29, 1.82) is 0 Å². The average Bonchev–Trinajstić information content (AvgIpc) is 3.48. The van der Waals surface area contributed by atoms with Gasteiger partial charge in [0.05, 0.1) is 29.8 Å². The number of nitrogens with one attached hydrogen (secondary N) is 2. The second kappa shape index (κ2) is 8.25. The first kappa shape index (κ1) is 20.0. The van der Waals surface area contributed by atoms with Gasteiger partial charge in [-0.3, -0.25) is 34.3 Å². The molecule has 1 aromatic rings. The van der Waals surface area contributed by atoms with E-state index in [4.69, 9.17) is 0 Å². The van der Waals surface area contributed by atoms with Crippen molar-refractivity contribution in [2.75, 3.05) is 26.2 Å². The number of aromatic nitrogens is 2. The molecule has 0 aromatic carbocycles. The van der Waals surface area contributed by atoms with E-state index < -0.39 is 4.92 Å². The molecule has 4 atom stereocenters. The number of carbonyl (C=O) groups excluding carboxylic acids is 2. The molecule has 3 aliphatic rings. The molecule has 2 amide bonds. The first-order chi connectivity index (χ1) is 14.5. The Morgan fingerprint density at radius 2 is 1.93 bits per heavy atom. The number of amides is 2. The number of rotatable bonds is 8. The summed E-state index contributed by atoms with van der Waals surface area (Å²) in [6, 6.07) is 0. The van der Waals surface area contributed by atoms with Crippen molar-refractivity contribution in [2.45, 2.75) is 19.9 Å². The summed E-state index contributed by atoms with van der Waals surface area (Å²) in [7, 11) is 0. The van der Waals surface area contributed by atoms with Crippen molar-refractivity contribution < 1.29 is 14.5 Å². The van der Waals surface area contributed by atoms with Gasteiger partial charge in [-0.15, -0.1) is 0 Å². The maximum Gasteiger partial charge on any atom is 0.306 e. The minimum Gasteiger partial charge on any atom is -0.357 e. The highest BCUT2D eigenvalue weighted by Crippen LogP contribution is 2.52. The highest BCUT2D eigenvalue weighted by atomic mass is 16.6. The number of imide groups is 1. The molecule has 11 heteroatoms. The van der Waals surface area contributed by atoms with Crippen molar-refractivity contribution in [3.63, 3.8) is 0 Å². The van der Waals surface area contributed by atoms with Crippen molar-refractivity contribution in [2.24, 2.45) is 28.7 Å². The average molecular weight is 415 g/mol. The van der Waals surface area contributed by atoms with Gasteiger partial charge in [-0.2, -0.15) is 5.10 Å². The summed E-state index contributed by atoms with van der Waals surface area (Å²) in [4.78, 5) is 41.4. The molecule has 2 heterocycles. The van der Waals surface area contributed by atoms with Gasteiger partial charge in [0.1, 0.15) is 12.4 Å².